The van der Waals surface area contributed by atoms with E-state index in [9.17, 15) is 9.59 Å². The lowest BCUT2D eigenvalue weighted by Crippen LogP contribution is -2.51. The van der Waals surface area contributed by atoms with Gasteiger partial charge in [0.05, 0.1) is 25.9 Å². The molecule has 1 aliphatic rings. The number of nitrogens with zero attached hydrogens (tertiary/aromatic N) is 3. The normalized spacial score (nSPS) is 15.5. The Balaban J connectivity index is 1.60. The maximum absolute atomic E-state index is 13.7. The van der Waals surface area contributed by atoms with Crippen LogP contribution in [0.1, 0.15) is 34.5 Å². The molecule has 0 saturated carbocycles. The van der Waals surface area contributed by atoms with Crippen LogP contribution < -0.4 is 14.8 Å². The third kappa shape index (κ3) is 5.54. The van der Waals surface area contributed by atoms with E-state index in [-0.39, 0.29) is 17.9 Å². The number of pyridine rings is 1. The van der Waals surface area contributed by atoms with Crippen LogP contribution in [-0.2, 0) is 11.3 Å². The molecule has 1 aromatic heterocycles. The summed E-state index contributed by atoms with van der Waals surface area (Å²) in [7, 11) is 3.22. The predicted molar refractivity (Wildman–Crippen MR) is 134 cm³/mol. The van der Waals surface area contributed by atoms with E-state index >= 15 is 0 Å². The number of carbonyl (C=O) groups excluding carboxylic acids is 2. The maximum atomic E-state index is 13.7. The summed E-state index contributed by atoms with van der Waals surface area (Å²) in [5, 5.41) is 3.35. The van der Waals surface area contributed by atoms with E-state index in [1.807, 2.05) is 47.4 Å². The number of amides is 2. The first kappa shape index (κ1) is 24.1. The molecule has 0 radical (unpaired) electrons. The number of hydrogen-bond donors (Lipinski definition) is 1. The monoisotopic (exact) mass is 474 g/mol. The average Bonchev–Trinajstić information content (AvgIpc) is 2.91. The van der Waals surface area contributed by atoms with E-state index < -0.39 is 0 Å². The Bertz CT molecular complexity index is 1170. The zero-order valence-electron chi connectivity index (χ0n) is 20.2. The lowest BCUT2D eigenvalue weighted by molar-refractivity contribution is -0.131. The lowest BCUT2D eigenvalue weighted by atomic mass is 10.0. The molecule has 4 rings (SSSR count). The number of carbonyl (C=O) groups is 2. The zero-order chi connectivity index (χ0) is 24.8. The molecule has 35 heavy (non-hydrogen) atoms. The molecule has 3 aromatic rings. The van der Waals surface area contributed by atoms with Gasteiger partial charge in [0, 0.05) is 51.1 Å². The predicted octanol–water partition coefficient (Wildman–Crippen LogP) is 3.76. The lowest BCUT2D eigenvalue weighted by Gasteiger charge is -2.41. The topological polar surface area (TPSA) is 84.0 Å². The van der Waals surface area contributed by atoms with Crippen molar-refractivity contribution < 1.29 is 19.1 Å². The van der Waals surface area contributed by atoms with Gasteiger partial charge in [-0.3, -0.25) is 14.6 Å². The highest BCUT2D eigenvalue weighted by molar-refractivity contribution is 5.96. The Morgan fingerprint density at radius 3 is 2.51 bits per heavy atom. The number of nitrogens with one attached hydrogen (secondary N) is 1. The van der Waals surface area contributed by atoms with Gasteiger partial charge < -0.3 is 24.6 Å². The molecule has 2 amide bonds. The van der Waals surface area contributed by atoms with E-state index in [1.54, 1.807) is 50.6 Å². The van der Waals surface area contributed by atoms with Crippen molar-refractivity contribution in [2.75, 3.05) is 39.2 Å². The molecule has 0 bridgehead atoms. The Hall–Kier alpha value is -4.07. The van der Waals surface area contributed by atoms with E-state index in [0.29, 0.717) is 37.5 Å². The fourth-order valence-electron chi connectivity index (χ4n) is 4.27. The first-order valence-electron chi connectivity index (χ1n) is 11.5. The van der Waals surface area contributed by atoms with Gasteiger partial charge in [0.25, 0.3) is 5.91 Å². The Kier molecular flexibility index (Phi) is 7.50. The summed E-state index contributed by atoms with van der Waals surface area (Å²) in [6, 6.07) is 16.6. The number of aromatic nitrogens is 1. The quantitative estimate of drug-likeness (QED) is 0.562. The second-order valence-electron chi connectivity index (χ2n) is 8.38. The van der Waals surface area contributed by atoms with Crippen LogP contribution in [0.15, 0.2) is 67.0 Å². The van der Waals surface area contributed by atoms with Gasteiger partial charge in [0.15, 0.2) is 0 Å². The summed E-state index contributed by atoms with van der Waals surface area (Å²) in [4.78, 5) is 33.6. The van der Waals surface area contributed by atoms with Crippen molar-refractivity contribution in [2.24, 2.45) is 0 Å². The van der Waals surface area contributed by atoms with Crippen LogP contribution in [0.3, 0.4) is 0 Å². The van der Waals surface area contributed by atoms with Crippen LogP contribution in [0.25, 0.3) is 0 Å². The van der Waals surface area contributed by atoms with Crippen molar-refractivity contribution in [3.05, 3.63) is 83.7 Å². The van der Waals surface area contributed by atoms with Crippen LogP contribution >= 0.6 is 0 Å². The summed E-state index contributed by atoms with van der Waals surface area (Å²) in [5.41, 5.74) is 3.25. The molecule has 1 aliphatic heterocycles. The fraction of sp³-hybridized carbons (Fsp3) is 0.296. The molecule has 0 aliphatic carbocycles. The minimum absolute atomic E-state index is 0.00180. The van der Waals surface area contributed by atoms with E-state index in [1.165, 1.54) is 0 Å². The van der Waals surface area contributed by atoms with Gasteiger partial charge in [0.2, 0.25) is 5.91 Å². The second kappa shape index (κ2) is 10.9. The van der Waals surface area contributed by atoms with Gasteiger partial charge in [-0.05, 0) is 47.5 Å². The summed E-state index contributed by atoms with van der Waals surface area (Å²) in [6.45, 7) is 3.49. The molecule has 2 heterocycles. The van der Waals surface area contributed by atoms with Crippen molar-refractivity contribution in [1.82, 2.24) is 14.8 Å². The maximum Gasteiger partial charge on any atom is 0.254 e. The Labute approximate surface area is 205 Å². The minimum Gasteiger partial charge on any atom is -0.497 e. The summed E-state index contributed by atoms with van der Waals surface area (Å²) >= 11 is 0. The Morgan fingerprint density at radius 1 is 1.06 bits per heavy atom. The third-order valence-corrected chi connectivity index (χ3v) is 6.24. The van der Waals surface area contributed by atoms with Gasteiger partial charge in [-0.25, -0.2) is 0 Å². The number of hydrogen-bond acceptors (Lipinski definition) is 6. The van der Waals surface area contributed by atoms with Crippen molar-refractivity contribution in [3.63, 3.8) is 0 Å². The first-order valence-corrected chi connectivity index (χ1v) is 11.5. The Morgan fingerprint density at radius 2 is 1.86 bits per heavy atom. The van der Waals surface area contributed by atoms with Crippen molar-refractivity contribution >= 4 is 17.5 Å². The molecule has 1 saturated heterocycles. The third-order valence-electron chi connectivity index (χ3n) is 6.24. The fourth-order valence-corrected chi connectivity index (χ4v) is 4.27. The number of piperazine rings is 1. The van der Waals surface area contributed by atoms with Crippen molar-refractivity contribution in [3.8, 4) is 11.5 Å². The molecule has 182 valence electrons. The molecule has 2 aromatic carbocycles. The van der Waals surface area contributed by atoms with Gasteiger partial charge in [0.1, 0.15) is 11.5 Å². The number of benzene rings is 2. The van der Waals surface area contributed by atoms with E-state index in [2.05, 4.69) is 10.3 Å². The minimum atomic E-state index is -0.264. The van der Waals surface area contributed by atoms with Crippen molar-refractivity contribution in [2.45, 2.75) is 19.5 Å². The smallest absolute Gasteiger partial charge is 0.254 e. The SMILES string of the molecule is COc1ccc(C2CN(C(C)=O)CCN2C(=O)c2ccc(OC)c(NCc3cccnc3)c2)cc1. The van der Waals surface area contributed by atoms with Crippen LogP contribution in [0.2, 0.25) is 0 Å². The van der Waals surface area contributed by atoms with E-state index in [4.69, 9.17) is 9.47 Å². The number of methoxy groups -OCH3 is 2. The number of ether oxygens (including phenoxy) is 2. The molecule has 8 heteroatoms. The highest BCUT2D eigenvalue weighted by Gasteiger charge is 2.33. The van der Waals surface area contributed by atoms with Gasteiger partial charge in [-0.15, -0.1) is 0 Å². The molecule has 8 nitrogen and oxygen atoms in total. The summed E-state index contributed by atoms with van der Waals surface area (Å²) < 4.78 is 10.8. The molecular formula is C27H30N4O4. The molecular weight excluding hydrogens is 444 g/mol. The highest BCUT2D eigenvalue weighted by Crippen LogP contribution is 2.31. The van der Waals surface area contributed by atoms with Crippen LogP contribution in [0.5, 0.6) is 11.5 Å². The van der Waals surface area contributed by atoms with Crippen molar-refractivity contribution in [1.29, 1.82) is 0 Å². The second-order valence-corrected chi connectivity index (χ2v) is 8.38. The molecule has 1 atom stereocenters. The van der Waals surface area contributed by atoms with Crippen LogP contribution in [0.4, 0.5) is 5.69 Å². The molecule has 1 unspecified atom stereocenters. The van der Waals surface area contributed by atoms with Gasteiger partial charge >= 0.3 is 0 Å². The number of anilines is 1. The van der Waals surface area contributed by atoms with Gasteiger partial charge in [-0.2, -0.15) is 0 Å². The van der Waals surface area contributed by atoms with Crippen LogP contribution in [-0.4, -0.2) is 60.5 Å². The highest BCUT2D eigenvalue weighted by atomic mass is 16.5. The largest absolute Gasteiger partial charge is 0.497 e. The molecule has 1 fully saturated rings. The average molecular weight is 475 g/mol. The summed E-state index contributed by atoms with van der Waals surface area (Å²) in [6.07, 6.45) is 3.52. The first-order chi connectivity index (χ1) is 17.0. The van der Waals surface area contributed by atoms with Crippen LogP contribution in [0, 0.1) is 0 Å². The standard InChI is InChI=1S/C27H30N4O4/c1-19(32)30-13-14-31(25(18-30)21-6-9-23(34-2)10-7-21)27(33)22-8-11-26(35-3)24(15-22)29-17-20-5-4-12-28-16-20/h4-12,15-16,25,29H,13-14,17-18H2,1-3H3. The zero-order valence-corrected chi connectivity index (χ0v) is 20.2. The number of rotatable bonds is 7. The molecule has 1 N–H and O–H groups in total. The van der Waals surface area contributed by atoms with Gasteiger partial charge in [-0.1, -0.05) is 18.2 Å². The van der Waals surface area contributed by atoms with E-state index in [0.717, 1.165) is 22.6 Å². The molecule has 0 spiro atoms. The summed E-state index contributed by atoms with van der Waals surface area (Å²) in [5.74, 6) is 1.30.